The van der Waals surface area contributed by atoms with Crippen molar-refractivity contribution in [3.63, 3.8) is 0 Å². The molecule has 0 aliphatic rings. The van der Waals surface area contributed by atoms with Crippen molar-refractivity contribution in [1.82, 2.24) is 9.97 Å². The number of aromatic nitrogens is 2. The van der Waals surface area contributed by atoms with Gasteiger partial charge in [-0.05, 0) is 30.7 Å². The van der Waals surface area contributed by atoms with E-state index in [0.29, 0.717) is 35.8 Å². The molecule has 0 saturated carbocycles. The van der Waals surface area contributed by atoms with Crippen LogP contribution in [0.2, 0.25) is 5.02 Å². The van der Waals surface area contributed by atoms with Crippen LogP contribution in [0.1, 0.15) is 12.2 Å². The second-order valence-corrected chi connectivity index (χ2v) is 4.55. The first-order chi connectivity index (χ1) is 9.11. The molecule has 0 fully saturated rings. The van der Waals surface area contributed by atoms with Gasteiger partial charge in [-0.25, -0.2) is 0 Å². The Bertz CT molecular complexity index is 623. The summed E-state index contributed by atoms with van der Waals surface area (Å²) in [5.41, 5.74) is 5.74. The van der Waals surface area contributed by atoms with E-state index >= 15 is 0 Å². The van der Waals surface area contributed by atoms with E-state index < -0.39 is 0 Å². The maximum absolute atomic E-state index is 12.0. The Labute approximate surface area is 115 Å². The lowest BCUT2D eigenvalue weighted by atomic mass is 10.1. The van der Waals surface area contributed by atoms with E-state index in [1.165, 1.54) is 0 Å². The van der Waals surface area contributed by atoms with Crippen molar-refractivity contribution in [2.45, 2.75) is 12.8 Å². The number of nitrogens with two attached hydrogens (primary N) is 1. The van der Waals surface area contributed by atoms with Gasteiger partial charge in [0.25, 0.3) is 5.56 Å². The maximum atomic E-state index is 12.0. The van der Waals surface area contributed by atoms with E-state index in [1.54, 1.807) is 24.3 Å². The predicted molar refractivity (Wildman–Crippen MR) is 74.3 cm³/mol. The Morgan fingerprint density at radius 2 is 2.00 bits per heavy atom. The molecule has 100 valence electrons. The fourth-order valence-electron chi connectivity index (χ4n) is 1.77. The maximum Gasteiger partial charge on any atom is 0.262 e. The highest BCUT2D eigenvalue weighted by Gasteiger charge is 2.12. The first-order valence-electron chi connectivity index (χ1n) is 5.90. The molecule has 1 aromatic carbocycles. The number of benzene rings is 1. The molecule has 4 N–H and O–H groups in total. The Morgan fingerprint density at radius 3 is 2.58 bits per heavy atom. The van der Waals surface area contributed by atoms with E-state index in [9.17, 15) is 9.90 Å². The Balaban J connectivity index is 2.42. The lowest BCUT2D eigenvalue weighted by Crippen LogP contribution is -2.15. The summed E-state index contributed by atoms with van der Waals surface area (Å²) < 4.78 is 0. The van der Waals surface area contributed by atoms with Crippen LogP contribution in [-0.4, -0.2) is 21.6 Å². The SMILES string of the molecule is NCCCc1nc(O)c(-c2ccc(Cl)cc2)c(=O)[nH]1. The van der Waals surface area contributed by atoms with Gasteiger partial charge >= 0.3 is 0 Å². The van der Waals surface area contributed by atoms with Crippen LogP contribution in [0.3, 0.4) is 0 Å². The standard InChI is InChI=1S/C13H14ClN3O2/c14-9-5-3-8(4-6-9)11-12(18)16-10(2-1-7-15)17-13(11)19/h3-6H,1-2,7,15H2,(H2,16,17,18,19). The molecule has 1 heterocycles. The number of H-pyrrole nitrogens is 1. The van der Waals surface area contributed by atoms with Crippen LogP contribution in [0.15, 0.2) is 29.1 Å². The molecule has 0 spiro atoms. The molecule has 6 heteroatoms. The van der Waals surface area contributed by atoms with Crippen molar-refractivity contribution in [2.75, 3.05) is 6.54 Å². The molecule has 0 radical (unpaired) electrons. The lowest BCUT2D eigenvalue weighted by molar-refractivity contribution is 0.449. The van der Waals surface area contributed by atoms with Gasteiger partial charge < -0.3 is 15.8 Å². The van der Waals surface area contributed by atoms with E-state index in [1.807, 2.05) is 0 Å². The normalized spacial score (nSPS) is 10.6. The number of aryl methyl sites for hydroxylation is 1. The molecule has 0 saturated heterocycles. The molecule has 0 atom stereocenters. The van der Waals surface area contributed by atoms with Crippen molar-refractivity contribution < 1.29 is 5.11 Å². The minimum absolute atomic E-state index is 0.146. The van der Waals surface area contributed by atoms with Crippen LogP contribution < -0.4 is 11.3 Å². The number of nitrogens with one attached hydrogen (secondary N) is 1. The molecule has 2 aromatic rings. The summed E-state index contributed by atoms with van der Waals surface area (Å²) in [6.07, 6.45) is 1.23. The highest BCUT2D eigenvalue weighted by molar-refractivity contribution is 6.30. The number of aromatic amines is 1. The fourth-order valence-corrected chi connectivity index (χ4v) is 1.90. The number of hydrogen-bond acceptors (Lipinski definition) is 4. The van der Waals surface area contributed by atoms with Crippen molar-refractivity contribution in [1.29, 1.82) is 0 Å². The van der Waals surface area contributed by atoms with Crippen molar-refractivity contribution >= 4 is 11.6 Å². The van der Waals surface area contributed by atoms with Gasteiger partial charge in [0, 0.05) is 11.4 Å². The monoisotopic (exact) mass is 279 g/mol. The number of halogens is 1. The van der Waals surface area contributed by atoms with Crippen LogP contribution in [0.25, 0.3) is 11.1 Å². The molecular weight excluding hydrogens is 266 g/mol. The molecule has 1 aromatic heterocycles. The first-order valence-corrected chi connectivity index (χ1v) is 6.28. The number of hydrogen-bond donors (Lipinski definition) is 3. The van der Waals surface area contributed by atoms with Gasteiger partial charge in [0.15, 0.2) is 0 Å². The van der Waals surface area contributed by atoms with Crippen LogP contribution in [0.4, 0.5) is 0 Å². The number of nitrogens with zero attached hydrogens (tertiary/aromatic N) is 1. The van der Waals surface area contributed by atoms with Gasteiger partial charge in [-0.2, -0.15) is 4.98 Å². The third kappa shape index (κ3) is 3.13. The largest absolute Gasteiger partial charge is 0.493 e. The molecule has 5 nitrogen and oxygen atoms in total. The van der Waals surface area contributed by atoms with Gasteiger partial charge in [0.05, 0.1) is 0 Å². The second-order valence-electron chi connectivity index (χ2n) is 4.11. The van der Waals surface area contributed by atoms with Crippen molar-refractivity contribution in [2.24, 2.45) is 5.73 Å². The predicted octanol–water partition coefficient (Wildman–Crippen LogP) is 1.69. The van der Waals surface area contributed by atoms with Crippen LogP contribution >= 0.6 is 11.6 Å². The van der Waals surface area contributed by atoms with Crippen molar-refractivity contribution in [3.05, 3.63) is 45.5 Å². The highest BCUT2D eigenvalue weighted by atomic mass is 35.5. The number of rotatable bonds is 4. The van der Waals surface area contributed by atoms with E-state index in [2.05, 4.69) is 9.97 Å². The van der Waals surface area contributed by atoms with Gasteiger partial charge in [-0.1, -0.05) is 23.7 Å². The smallest absolute Gasteiger partial charge is 0.262 e. The van der Waals surface area contributed by atoms with E-state index in [-0.39, 0.29) is 17.0 Å². The average Bonchev–Trinajstić information content (AvgIpc) is 2.38. The molecule has 2 rings (SSSR count). The Kier molecular flexibility index (Phi) is 4.19. The molecule has 0 aliphatic carbocycles. The zero-order chi connectivity index (χ0) is 13.8. The molecule has 19 heavy (non-hydrogen) atoms. The van der Waals surface area contributed by atoms with Crippen LogP contribution in [0.5, 0.6) is 5.88 Å². The van der Waals surface area contributed by atoms with Gasteiger partial charge in [-0.3, -0.25) is 4.79 Å². The molecular formula is C13H14ClN3O2. The van der Waals surface area contributed by atoms with Gasteiger partial charge in [0.1, 0.15) is 11.4 Å². The summed E-state index contributed by atoms with van der Waals surface area (Å²) in [6, 6.07) is 6.62. The third-order valence-corrected chi connectivity index (χ3v) is 2.95. The minimum atomic E-state index is -0.373. The zero-order valence-electron chi connectivity index (χ0n) is 10.2. The highest BCUT2D eigenvalue weighted by Crippen LogP contribution is 2.24. The van der Waals surface area contributed by atoms with Gasteiger partial charge in [0.2, 0.25) is 5.88 Å². The van der Waals surface area contributed by atoms with E-state index in [0.717, 1.165) is 0 Å². The summed E-state index contributed by atoms with van der Waals surface area (Å²) in [6.45, 7) is 0.503. The van der Waals surface area contributed by atoms with Gasteiger partial charge in [-0.15, -0.1) is 0 Å². The lowest BCUT2D eigenvalue weighted by Gasteiger charge is -2.06. The summed E-state index contributed by atoms with van der Waals surface area (Å²) in [5, 5.41) is 10.5. The number of aromatic hydroxyl groups is 1. The van der Waals surface area contributed by atoms with E-state index in [4.69, 9.17) is 17.3 Å². The quantitative estimate of drug-likeness (QED) is 0.794. The Morgan fingerprint density at radius 1 is 1.32 bits per heavy atom. The third-order valence-electron chi connectivity index (χ3n) is 2.70. The fraction of sp³-hybridized carbons (Fsp3) is 0.231. The minimum Gasteiger partial charge on any atom is -0.493 e. The van der Waals surface area contributed by atoms with Crippen LogP contribution in [0, 0.1) is 0 Å². The summed E-state index contributed by atoms with van der Waals surface area (Å²) >= 11 is 5.79. The first kappa shape index (κ1) is 13.6. The average molecular weight is 280 g/mol. The van der Waals surface area contributed by atoms with Crippen LogP contribution in [-0.2, 0) is 6.42 Å². The summed E-state index contributed by atoms with van der Waals surface area (Å²) in [7, 11) is 0. The Hall–Kier alpha value is -1.85. The molecule has 0 unspecified atom stereocenters. The van der Waals surface area contributed by atoms with Crippen molar-refractivity contribution in [3.8, 4) is 17.0 Å². The molecule has 0 bridgehead atoms. The molecule has 0 aliphatic heterocycles. The zero-order valence-corrected chi connectivity index (χ0v) is 10.9. The summed E-state index contributed by atoms with van der Waals surface area (Å²) in [5.74, 6) is 0.156. The second kappa shape index (κ2) is 5.86. The topological polar surface area (TPSA) is 92.0 Å². The molecule has 0 amide bonds. The summed E-state index contributed by atoms with van der Waals surface area (Å²) in [4.78, 5) is 18.6.